The van der Waals surface area contributed by atoms with Crippen molar-refractivity contribution >= 4 is 17.5 Å². The Bertz CT molecular complexity index is 1500. The number of phenolic OH excluding ortho intramolecular Hbond substituents is 1. The molecule has 0 spiro atoms. The molecule has 10 nitrogen and oxygen atoms in total. The molecular weight excluding hydrogens is 490 g/mol. The molecule has 5 rings (SSSR count). The highest BCUT2D eigenvalue weighted by molar-refractivity contribution is 6.24. The van der Waals surface area contributed by atoms with E-state index < -0.39 is 52.0 Å². The van der Waals surface area contributed by atoms with Crippen LogP contribution in [0.3, 0.4) is 0 Å². The SMILES string of the molecule is N#CCNCc1ccc(-c2ccc(O)c3c2C[C@H]2C[C@H]4CC(O)=C(C(N)=O)C(=O)[C@@]4(O)C(O)=C2C3=O)cc1. The fourth-order valence-electron chi connectivity index (χ4n) is 5.95. The second-order valence-corrected chi connectivity index (χ2v) is 9.86. The molecule has 0 aromatic heterocycles. The van der Waals surface area contributed by atoms with Crippen LogP contribution >= 0.6 is 0 Å². The van der Waals surface area contributed by atoms with Crippen molar-refractivity contribution in [1.29, 1.82) is 5.26 Å². The summed E-state index contributed by atoms with van der Waals surface area (Å²) in [6.07, 6.45) is 0.0225. The van der Waals surface area contributed by atoms with Crippen LogP contribution < -0.4 is 11.1 Å². The van der Waals surface area contributed by atoms with E-state index in [-0.39, 0.29) is 42.7 Å². The largest absolute Gasteiger partial charge is 0.511 e. The molecule has 0 aliphatic heterocycles. The number of nitriles is 1. The minimum atomic E-state index is -2.59. The lowest BCUT2D eigenvalue weighted by atomic mass is 9.60. The summed E-state index contributed by atoms with van der Waals surface area (Å²) in [6, 6.07) is 12.6. The Hall–Kier alpha value is -4.46. The predicted octanol–water partition coefficient (Wildman–Crippen LogP) is 1.86. The van der Waals surface area contributed by atoms with Crippen molar-refractivity contribution in [2.24, 2.45) is 17.6 Å². The summed E-state index contributed by atoms with van der Waals surface area (Å²) in [5, 5.41) is 55.1. The number of aromatic hydroxyl groups is 1. The van der Waals surface area contributed by atoms with E-state index in [4.69, 9.17) is 11.0 Å². The van der Waals surface area contributed by atoms with Gasteiger partial charge in [-0.3, -0.25) is 14.4 Å². The summed E-state index contributed by atoms with van der Waals surface area (Å²) in [7, 11) is 0. The number of carbonyl (C=O) groups is 3. The number of phenols is 1. The molecule has 0 radical (unpaired) electrons. The van der Waals surface area contributed by atoms with E-state index in [0.717, 1.165) is 11.1 Å². The molecular formula is C28H25N3O7. The summed E-state index contributed by atoms with van der Waals surface area (Å²) in [6.45, 7) is 0.732. The maximum absolute atomic E-state index is 13.7. The van der Waals surface area contributed by atoms with E-state index >= 15 is 0 Å². The Labute approximate surface area is 217 Å². The van der Waals surface area contributed by atoms with Crippen LogP contribution in [-0.2, 0) is 22.6 Å². The molecule has 3 aliphatic rings. The minimum Gasteiger partial charge on any atom is -0.511 e. The van der Waals surface area contributed by atoms with Gasteiger partial charge in [0.2, 0.25) is 5.78 Å². The van der Waals surface area contributed by atoms with E-state index in [1.165, 1.54) is 6.07 Å². The Morgan fingerprint density at radius 3 is 2.47 bits per heavy atom. The van der Waals surface area contributed by atoms with E-state index in [0.29, 0.717) is 17.7 Å². The number of nitrogens with two attached hydrogens (primary N) is 1. The van der Waals surface area contributed by atoms with Crippen molar-refractivity contribution in [2.75, 3.05) is 6.54 Å². The Morgan fingerprint density at radius 2 is 1.82 bits per heavy atom. The molecule has 2 aromatic carbocycles. The first-order valence-electron chi connectivity index (χ1n) is 12.1. The first kappa shape index (κ1) is 25.2. The number of primary amides is 1. The molecule has 0 bridgehead atoms. The van der Waals surface area contributed by atoms with Crippen molar-refractivity contribution in [3.05, 3.63) is 75.8 Å². The van der Waals surface area contributed by atoms with Crippen LogP contribution in [0.15, 0.2) is 59.1 Å². The summed E-state index contributed by atoms with van der Waals surface area (Å²) in [4.78, 5) is 38.5. The number of amides is 1. The molecule has 38 heavy (non-hydrogen) atoms. The number of fused-ring (bicyclic) bond motifs is 3. The zero-order chi connectivity index (χ0) is 27.4. The number of nitrogens with one attached hydrogen (secondary N) is 1. The second kappa shape index (κ2) is 9.13. The fourth-order valence-corrected chi connectivity index (χ4v) is 5.95. The van der Waals surface area contributed by atoms with Crippen LogP contribution in [0.5, 0.6) is 5.75 Å². The van der Waals surface area contributed by atoms with Gasteiger partial charge in [0, 0.05) is 24.5 Å². The van der Waals surface area contributed by atoms with Crippen LogP contribution in [-0.4, -0.2) is 50.0 Å². The Morgan fingerprint density at radius 1 is 1.11 bits per heavy atom. The van der Waals surface area contributed by atoms with E-state index in [9.17, 15) is 34.8 Å². The maximum Gasteiger partial charge on any atom is 0.255 e. The van der Waals surface area contributed by atoms with Crippen molar-refractivity contribution in [3.63, 3.8) is 0 Å². The Balaban J connectivity index is 1.57. The lowest BCUT2D eigenvalue weighted by Crippen LogP contribution is -2.57. The summed E-state index contributed by atoms with van der Waals surface area (Å²) in [5.41, 5.74) is 4.65. The van der Waals surface area contributed by atoms with Crippen LogP contribution in [0.25, 0.3) is 11.1 Å². The van der Waals surface area contributed by atoms with Gasteiger partial charge in [-0.25, -0.2) is 0 Å². The van der Waals surface area contributed by atoms with Gasteiger partial charge in [0.05, 0.1) is 18.2 Å². The number of ketones is 2. The number of benzene rings is 2. The quantitative estimate of drug-likeness (QED) is 0.196. The van der Waals surface area contributed by atoms with Gasteiger partial charge in [-0.05, 0) is 47.1 Å². The van der Waals surface area contributed by atoms with Crippen LogP contribution in [0.2, 0.25) is 0 Å². The van der Waals surface area contributed by atoms with Crippen LogP contribution in [0.1, 0.15) is 34.3 Å². The lowest BCUT2D eigenvalue weighted by Gasteiger charge is -2.45. The third kappa shape index (κ3) is 3.67. The highest BCUT2D eigenvalue weighted by Gasteiger charge is 2.59. The maximum atomic E-state index is 13.7. The third-order valence-corrected chi connectivity index (χ3v) is 7.74. The molecule has 10 heteroatoms. The molecule has 0 fully saturated rings. The van der Waals surface area contributed by atoms with Gasteiger partial charge in [0.15, 0.2) is 11.4 Å². The molecule has 0 saturated heterocycles. The first-order chi connectivity index (χ1) is 18.1. The smallest absolute Gasteiger partial charge is 0.255 e. The number of aliphatic hydroxyl groups is 3. The van der Waals surface area contributed by atoms with Gasteiger partial charge >= 0.3 is 0 Å². The zero-order valence-electron chi connectivity index (χ0n) is 20.2. The molecule has 3 aliphatic carbocycles. The van der Waals surface area contributed by atoms with Gasteiger partial charge in [0.25, 0.3) is 5.91 Å². The number of hydrogen-bond acceptors (Lipinski definition) is 9. The minimum absolute atomic E-state index is 0.0288. The van der Waals surface area contributed by atoms with Crippen LogP contribution in [0.4, 0.5) is 0 Å². The Kier molecular flexibility index (Phi) is 6.06. The van der Waals surface area contributed by atoms with Crippen molar-refractivity contribution in [2.45, 2.75) is 31.4 Å². The zero-order valence-corrected chi connectivity index (χ0v) is 20.2. The van der Waals surface area contributed by atoms with Crippen molar-refractivity contribution in [1.82, 2.24) is 5.32 Å². The number of hydrogen-bond donors (Lipinski definition) is 6. The van der Waals surface area contributed by atoms with Crippen molar-refractivity contribution < 1.29 is 34.8 Å². The third-order valence-electron chi connectivity index (χ3n) is 7.74. The van der Waals surface area contributed by atoms with Gasteiger partial charge in [-0.1, -0.05) is 30.3 Å². The molecule has 194 valence electrons. The molecule has 3 atom stereocenters. The second-order valence-electron chi connectivity index (χ2n) is 9.86. The van der Waals surface area contributed by atoms with E-state index in [2.05, 4.69) is 5.32 Å². The first-order valence-corrected chi connectivity index (χ1v) is 12.1. The topological polar surface area (TPSA) is 194 Å². The summed E-state index contributed by atoms with van der Waals surface area (Å²) in [5.74, 6) is -6.53. The van der Waals surface area contributed by atoms with Gasteiger partial charge in [0.1, 0.15) is 22.8 Å². The summed E-state index contributed by atoms with van der Waals surface area (Å²) < 4.78 is 0. The monoisotopic (exact) mass is 515 g/mol. The molecule has 1 amide bonds. The predicted molar refractivity (Wildman–Crippen MR) is 134 cm³/mol. The average molecular weight is 516 g/mol. The van der Waals surface area contributed by atoms with Gasteiger partial charge in [-0.2, -0.15) is 5.26 Å². The number of aliphatic hydroxyl groups excluding tert-OH is 2. The fraction of sp³-hybridized carbons (Fsp3) is 0.286. The number of allylic oxidation sites excluding steroid dienone is 2. The highest BCUT2D eigenvalue weighted by Crippen LogP contribution is 2.52. The lowest BCUT2D eigenvalue weighted by molar-refractivity contribution is -0.144. The molecule has 7 N–H and O–H groups in total. The van der Waals surface area contributed by atoms with Gasteiger partial charge in [-0.15, -0.1) is 0 Å². The number of carbonyl (C=O) groups excluding carboxylic acids is 3. The number of rotatable bonds is 5. The van der Waals surface area contributed by atoms with Crippen molar-refractivity contribution in [3.8, 4) is 22.9 Å². The number of nitrogens with zero attached hydrogens (tertiary/aromatic N) is 1. The van der Waals surface area contributed by atoms with Gasteiger partial charge < -0.3 is 31.5 Å². The normalized spacial score (nSPS) is 24.4. The van der Waals surface area contributed by atoms with E-state index in [1.54, 1.807) is 6.07 Å². The average Bonchev–Trinajstić information content (AvgIpc) is 2.87. The molecule has 0 saturated carbocycles. The highest BCUT2D eigenvalue weighted by atomic mass is 16.3. The molecule has 0 heterocycles. The standard InChI is InChI=1S/C28H25N3O7/c29-7-8-31-12-13-1-3-14(4-2-13)17-5-6-19(32)22-18(17)10-15-9-16-11-20(33)23(27(30)37)26(36)28(16,38)25(35)21(15)24(22)34/h1-6,15-16,31-33,35,38H,8-12H2,(H2,30,37)/t15-,16+,28+/m1/s1. The molecule has 0 unspecified atom stereocenters. The molecule has 2 aromatic rings. The van der Waals surface area contributed by atoms with E-state index in [1.807, 2.05) is 30.3 Å². The van der Waals surface area contributed by atoms with Crippen LogP contribution in [0, 0.1) is 23.2 Å². The summed E-state index contributed by atoms with van der Waals surface area (Å²) >= 11 is 0. The number of Topliss-reactive ketones (excluding diaryl/α,β-unsaturated/α-hetero) is 2.